The maximum absolute atomic E-state index is 12.9. The van der Waals surface area contributed by atoms with Crippen LogP contribution in [0.15, 0.2) is 54.6 Å². The van der Waals surface area contributed by atoms with Crippen molar-refractivity contribution >= 4 is 17.7 Å². The highest BCUT2D eigenvalue weighted by Crippen LogP contribution is 2.33. The van der Waals surface area contributed by atoms with Gasteiger partial charge in [0.25, 0.3) is 5.91 Å². The molecule has 1 amide bonds. The number of nitrogens with one attached hydrogen (secondary N) is 1. The molecule has 0 radical (unpaired) electrons. The van der Waals surface area contributed by atoms with Crippen molar-refractivity contribution in [3.8, 4) is 0 Å². The van der Waals surface area contributed by atoms with Crippen molar-refractivity contribution in [1.29, 1.82) is 0 Å². The van der Waals surface area contributed by atoms with Gasteiger partial charge in [-0.2, -0.15) is 13.2 Å². The van der Waals surface area contributed by atoms with Crippen LogP contribution in [0.5, 0.6) is 0 Å². The Morgan fingerprint density at radius 1 is 1.19 bits per heavy atom. The summed E-state index contributed by atoms with van der Waals surface area (Å²) >= 11 is 0. The normalized spacial score (nSPS) is 12.8. The van der Waals surface area contributed by atoms with Crippen LogP contribution in [-0.4, -0.2) is 23.3 Å². The van der Waals surface area contributed by atoms with Gasteiger partial charge in [-0.1, -0.05) is 30.3 Å². The number of halogens is 3. The Hall–Kier alpha value is -2.84. The first-order valence-corrected chi connectivity index (χ1v) is 7.53. The predicted molar refractivity (Wildman–Crippen MR) is 90.2 cm³/mol. The van der Waals surface area contributed by atoms with Gasteiger partial charge in [0, 0.05) is 24.4 Å². The van der Waals surface area contributed by atoms with E-state index in [2.05, 4.69) is 0 Å². The monoisotopic (exact) mass is 366 g/mol. The van der Waals surface area contributed by atoms with E-state index in [1.807, 2.05) is 0 Å². The number of hydrogen-bond acceptors (Lipinski definition) is 4. The first-order valence-electron chi connectivity index (χ1n) is 7.53. The van der Waals surface area contributed by atoms with Crippen LogP contribution in [0.25, 0.3) is 6.08 Å². The standard InChI is InChI=1S/C18H17F3N2O3/c1-23(15-8-3-2-5-12(15)9-10-16(24)22-26)17(25)13-6-4-7-14(11-13)18(19,20)21/h2-11,17,25-26H,1H3,(H,22,24)/b10-9+. The molecule has 0 aliphatic carbocycles. The molecule has 1 atom stereocenters. The molecule has 0 aromatic heterocycles. The van der Waals surface area contributed by atoms with Gasteiger partial charge in [0.15, 0.2) is 6.23 Å². The molecule has 0 saturated carbocycles. The predicted octanol–water partition coefficient (Wildman–Crippen LogP) is 3.35. The van der Waals surface area contributed by atoms with Crippen molar-refractivity contribution in [3.05, 3.63) is 71.3 Å². The first kappa shape index (κ1) is 19.5. The third-order valence-corrected chi connectivity index (χ3v) is 3.72. The molecule has 2 aromatic carbocycles. The molecule has 0 aliphatic rings. The van der Waals surface area contributed by atoms with Gasteiger partial charge in [-0.05, 0) is 29.8 Å². The SMILES string of the molecule is CN(c1ccccc1/C=C/C(=O)NO)C(O)c1cccc(C(F)(F)F)c1. The number of carbonyl (C=O) groups excluding carboxylic acids is 1. The van der Waals surface area contributed by atoms with Crippen LogP contribution in [0.3, 0.4) is 0 Å². The molecule has 0 aliphatic heterocycles. The second kappa shape index (κ2) is 8.03. The smallest absolute Gasteiger partial charge is 0.369 e. The number of aliphatic hydroxyl groups excluding tert-OH is 1. The van der Waals surface area contributed by atoms with Gasteiger partial charge < -0.3 is 10.0 Å². The highest BCUT2D eigenvalue weighted by Gasteiger charge is 2.31. The summed E-state index contributed by atoms with van der Waals surface area (Å²) in [4.78, 5) is 12.5. The van der Waals surface area contributed by atoms with E-state index in [-0.39, 0.29) is 5.56 Å². The molecule has 26 heavy (non-hydrogen) atoms. The second-order valence-corrected chi connectivity index (χ2v) is 5.48. The minimum absolute atomic E-state index is 0.0780. The lowest BCUT2D eigenvalue weighted by molar-refractivity contribution is -0.137. The third kappa shape index (κ3) is 4.62. The minimum Gasteiger partial charge on any atom is -0.369 e. The van der Waals surface area contributed by atoms with Crippen LogP contribution in [0.2, 0.25) is 0 Å². The average molecular weight is 366 g/mol. The van der Waals surface area contributed by atoms with Crippen molar-refractivity contribution in [2.75, 3.05) is 11.9 Å². The molecule has 2 aromatic rings. The zero-order valence-corrected chi connectivity index (χ0v) is 13.7. The van der Waals surface area contributed by atoms with E-state index in [1.165, 1.54) is 35.6 Å². The van der Waals surface area contributed by atoms with Crippen molar-refractivity contribution in [2.45, 2.75) is 12.4 Å². The first-order chi connectivity index (χ1) is 12.2. The number of rotatable bonds is 5. The summed E-state index contributed by atoms with van der Waals surface area (Å²) in [6.07, 6.45) is -3.34. The molecule has 0 saturated heterocycles. The lowest BCUT2D eigenvalue weighted by Gasteiger charge is -2.28. The van der Waals surface area contributed by atoms with Crippen molar-refractivity contribution in [2.24, 2.45) is 0 Å². The largest absolute Gasteiger partial charge is 0.416 e. The Morgan fingerprint density at radius 2 is 1.88 bits per heavy atom. The molecule has 138 valence electrons. The van der Waals surface area contributed by atoms with E-state index in [0.717, 1.165) is 18.2 Å². The van der Waals surface area contributed by atoms with E-state index >= 15 is 0 Å². The number of benzene rings is 2. The molecule has 5 nitrogen and oxygen atoms in total. The summed E-state index contributed by atoms with van der Waals surface area (Å²) in [5.41, 5.74) is 1.70. The van der Waals surface area contributed by atoms with E-state index in [0.29, 0.717) is 11.3 Å². The van der Waals surface area contributed by atoms with E-state index in [4.69, 9.17) is 5.21 Å². The number of aliphatic hydroxyl groups is 1. The number of amides is 1. The molecule has 0 heterocycles. The summed E-state index contributed by atoms with van der Waals surface area (Å²) < 4.78 is 38.6. The van der Waals surface area contributed by atoms with Gasteiger partial charge in [0.2, 0.25) is 0 Å². The van der Waals surface area contributed by atoms with Crippen LogP contribution < -0.4 is 10.4 Å². The summed E-state index contributed by atoms with van der Waals surface area (Å²) in [6.45, 7) is 0. The van der Waals surface area contributed by atoms with Gasteiger partial charge in [0.05, 0.1) is 5.56 Å². The number of anilines is 1. The van der Waals surface area contributed by atoms with Crippen LogP contribution in [0.4, 0.5) is 18.9 Å². The number of alkyl halides is 3. The molecule has 0 spiro atoms. The third-order valence-electron chi connectivity index (χ3n) is 3.72. The topological polar surface area (TPSA) is 72.8 Å². The van der Waals surface area contributed by atoms with Gasteiger partial charge in [-0.3, -0.25) is 10.0 Å². The van der Waals surface area contributed by atoms with Crippen LogP contribution in [0.1, 0.15) is 22.9 Å². The molecule has 0 bridgehead atoms. The molecule has 2 rings (SSSR count). The summed E-state index contributed by atoms with van der Waals surface area (Å²) in [5, 5.41) is 19.0. The van der Waals surface area contributed by atoms with Crippen LogP contribution in [-0.2, 0) is 11.0 Å². The molecular weight excluding hydrogens is 349 g/mol. The van der Waals surface area contributed by atoms with Crippen molar-refractivity contribution < 1.29 is 28.3 Å². The Labute approximate surface area is 147 Å². The fraction of sp³-hybridized carbons (Fsp3) is 0.167. The number of hydrogen-bond donors (Lipinski definition) is 3. The van der Waals surface area contributed by atoms with Crippen LogP contribution >= 0.6 is 0 Å². The second-order valence-electron chi connectivity index (χ2n) is 5.48. The van der Waals surface area contributed by atoms with Gasteiger partial charge in [-0.25, -0.2) is 5.48 Å². The van der Waals surface area contributed by atoms with E-state index < -0.39 is 23.9 Å². The molecule has 3 N–H and O–H groups in total. The highest BCUT2D eigenvalue weighted by atomic mass is 19.4. The lowest BCUT2D eigenvalue weighted by Crippen LogP contribution is -2.25. The van der Waals surface area contributed by atoms with Crippen molar-refractivity contribution in [1.82, 2.24) is 5.48 Å². The zero-order valence-electron chi connectivity index (χ0n) is 13.7. The maximum Gasteiger partial charge on any atom is 0.416 e. The Balaban J connectivity index is 2.33. The van der Waals surface area contributed by atoms with Crippen molar-refractivity contribution in [3.63, 3.8) is 0 Å². The van der Waals surface area contributed by atoms with E-state index in [9.17, 15) is 23.1 Å². The van der Waals surface area contributed by atoms with Gasteiger partial charge >= 0.3 is 6.18 Å². The van der Waals surface area contributed by atoms with E-state index in [1.54, 1.807) is 24.3 Å². The molecule has 8 heteroatoms. The fourth-order valence-electron chi connectivity index (χ4n) is 2.38. The quantitative estimate of drug-likeness (QED) is 0.328. The lowest BCUT2D eigenvalue weighted by atomic mass is 10.1. The Morgan fingerprint density at radius 3 is 2.54 bits per heavy atom. The van der Waals surface area contributed by atoms with Gasteiger partial charge in [0.1, 0.15) is 0 Å². The number of para-hydroxylation sites is 1. The highest BCUT2D eigenvalue weighted by molar-refractivity contribution is 5.91. The summed E-state index contributed by atoms with van der Waals surface area (Å²) in [7, 11) is 1.52. The fourth-order valence-corrected chi connectivity index (χ4v) is 2.38. The molecular formula is C18H17F3N2O3. The number of carbonyl (C=O) groups is 1. The minimum atomic E-state index is -4.51. The van der Waals surface area contributed by atoms with Crippen LogP contribution in [0, 0.1) is 0 Å². The number of nitrogens with zero attached hydrogens (tertiary/aromatic N) is 1. The molecule has 0 fully saturated rings. The average Bonchev–Trinajstić information content (AvgIpc) is 2.64. The summed E-state index contributed by atoms with van der Waals surface area (Å²) in [6, 6.07) is 11.1. The molecule has 1 unspecified atom stereocenters. The maximum atomic E-state index is 12.9. The zero-order chi connectivity index (χ0) is 19.3. The summed E-state index contributed by atoms with van der Waals surface area (Å²) in [5.74, 6) is -0.735. The Bertz CT molecular complexity index is 806. The van der Waals surface area contributed by atoms with Gasteiger partial charge in [-0.15, -0.1) is 0 Å². The number of hydroxylamine groups is 1. The Kier molecular flexibility index (Phi) is 6.01.